The van der Waals surface area contributed by atoms with Crippen LogP contribution in [0.1, 0.15) is 89.2 Å². The zero-order valence-corrected chi connectivity index (χ0v) is 28.2. The highest BCUT2D eigenvalue weighted by atomic mass is 16.5. The number of rotatable bonds is 8. The van der Waals surface area contributed by atoms with Gasteiger partial charge in [-0.2, -0.15) is 0 Å². The van der Waals surface area contributed by atoms with Gasteiger partial charge < -0.3 is 14.9 Å². The van der Waals surface area contributed by atoms with Crippen molar-refractivity contribution in [2.24, 2.45) is 40.4 Å². The number of carbonyl (C=O) groups excluding carboxylic acids is 5. The van der Waals surface area contributed by atoms with Crippen molar-refractivity contribution in [1.29, 1.82) is 0 Å². The van der Waals surface area contributed by atoms with E-state index in [0.29, 0.717) is 22.8 Å². The van der Waals surface area contributed by atoms with Crippen molar-refractivity contribution >= 4 is 28.9 Å². The van der Waals surface area contributed by atoms with E-state index in [-0.39, 0.29) is 24.2 Å². The highest BCUT2D eigenvalue weighted by Gasteiger charge is 2.76. The van der Waals surface area contributed by atoms with Gasteiger partial charge in [-0.15, -0.1) is 0 Å². The second-order valence-corrected chi connectivity index (χ2v) is 14.7. The van der Waals surface area contributed by atoms with E-state index in [1.807, 2.05) is 12.1 Å². The first kappa shape index (κ1) is 33.7. The largest absolute Gasteiger partial charge is 0.507 e. The number of methoxy groups -OCH3 is 1. The van der Waals surface area contributed by atoms with E-state index in [0.717, 1.165) is 37.3 Å². The van der Waals surface area contributed by atoms with Gasteiger partial charge in [0.05, 0.1) is 18.6 Å². The van der Waals surface area contributed by atoms with Crippen LogP contribution < -0.4 is 4.74 Å². The van der Waals surface area contributed by atoms with Crippen molar-refractivity contribution in [3.63, 3.8) is 0 Å². The average Bonchev–Trinajstić information content (AvgIpc) is 2.97. The number of hydrogen-bond acceptors (Lipinski definition) is 8. The fraction of sp³-hybridized carbons (Fsp3) is 0.553. The van der Waals surface area contributed by atoms with Gasteiger partial charge in [0.2, 0.25) is 0 Å². The fourth-order valence-corrected chi connectivity index (χ4v) is 9.39. The molecule has 0 heterocycles. The summed E-state index contributed by atoms with van der Waals surface area (Å²) < 4.78 is 5.77. The minimum absolute atomic E-state index is 0.00396. The molecule has 0 bridgehead atoms. The zero-order chi connectivity index (χ0) is 34.1. The van der Waals surface area contributed by atoms with Crippen molar-refractivity contribution in [2.45, 2.75) is 86.2 Å². The highest BCUT2D eigenvalue weighted by molar-refractivity contribution is 6.32. The van der Waals surface area contributed by atoms with Crippen LogP contribution in [0.4, 0.5) is 0 Å². The molecule has 3 unspecified atom stereocenters. The molecule has 3 aliphatic rings. The third kappa shape index (κ3) is 4.62. The molecule has 2 saturated carbocycles. The van der Waals surface area contributed by atoms with E-state index >= 15 is 0 Å². The maximum absolute atomic E-state index is 14.6. The molecular formula is C38H46O8. The first-order valence-corrected chi connectivity index (χ1v) is 16.4. The molecule has 0 radical (unpaired) electrons. The number of ether oxygens (including phenoxy) is 1. The minimum atomic E-state index is -2.72. The molecule has 0 saturated heterocycles. The quantitative estimate of drug-likeness (QED) is 0.352. The van der Waals surface area contributed by atoms with Gasteiger partial charge in [0, 0.05) is 16.9 Å². The van der Waals surface area contributed by atoms with Crippen molar-refractivity contribution in [1.82, 2.24) is 0 Å². The number of aromatic hydroxyl groups is 1. The van der Waals surface area contributed by atoms with Gasteiger partial charge in [0.25, 0.3) is 0 Å². The Hall–Kier alpha value is -3.65. The molecule has 2 aromatic carbocycles. The summed E-state index contributed by atoms with van der Waals surface area (Å²) in [6, 6.07) is 9.19. The first-order valence-electron chi connectivity index (χ1n) is 16.4. The second-order valence-electron chi connectivity index (χ2n) is 14.7. The lowest BCUT2D eigenvalue weighted by molar-refractivity contribution is -0.205. The molecule has 5 rings (SSSR count). The molecule has 2 aromatic rings. The minimum Gasteiger partial charge on any atom is -0.507 e. The smallest absolute Gasteiger partial charge is 0.190 e. The summed E-state index contributed by atoms with van der Waals surface area (Å²) >= 11 is 0. The Morgan fingerprint density at radius 3 is 2.22 bits per heavy atom. The number of aliphatic hydroxyl groups is 1. The van der Waals surface area contributed by atoms with Crippen LogP contribution in [0.3, 0.4) is 0 Å². The molecule has 8 nitrogen and oxygen atoms in total. The summed E-state index contributed by atoms with van der Waals surface area (Å²) in [5, 5.41) is 23.3. The third-order valence-corrected chi connectivity index (χ3v) is 11.5. The van der Waals surface area contributed by atoms with Crippen LogP contribution in [0, 0.1) is 40.4 Å². The van der Waals surface area contributed by atoms with E-state index in [9.17, 15) is 34.2 Å². The van der Waals surface area contributed by atoms with Gasteiger partial charge in [-0.1, -0.05) is 66.5 Å². The Kier molecular flexibility index (Phi) is 8.46. The molecule has 2 fully saturated rings. The lowest BCUT2D eigenvalue weighted by Crippen LogP contribution is -2.76. The van der Waals surface area contributed by atoms with Crippen molar-refractivity contribution in [3.05, 3.63) is 47.0 Å². The Labute approximate surface area is 270 Å². The van der Waals surface area contributed by atoms with Crippen molar-refractivity contribution in [2.75, 3.05) is 7.11 Å². The third-order valence-electron chi connectivity index (χ3n) is 11.5. The molecule has 8 heteroatoms. The molecular weight excluding hydrogens is 584 g/mol. The Balaban J connectivity index is 1.72. The van der Waals surface area contributed by atoms with Crippen LogP contribution in [0.2, 0.25) is 0 Å². The maximum atomic E-state index is 14.6. The van der Waals surface area contributed by atoms with Crippen LogP contribution in [0.25, 0.3) is 11.1 Å². The summed E-state index contributed by atoms with van der Waals surface area (Å²) in [5.41, 5.74) is -2.29. The van der Waals surface area contributed by atoms with E-state index in [4.69, 9.17) is 4.74 Å². The van der Waals surface area contributed by atoms with Gasteiger partial charge in [-0.3, -0.25) is 24.0 Å². The summed E-state index contributed by atoms with van der Waals surface area (Å²) in [6.45, 7) is 12.4. The first-order chi connectivity index (χ1) is 21.5. The number of Topliss-reactive ketones (excluding diaryl/α,β-unsaturated/α-hetero) is 5. The van der Waals surface area contributed by atoms with Crippen molar-refractivity contribution in [3.8, 4) is 22.6 Å². The topological polar surface area (TPSA) is 135 Å². The highest BCUT2D eigenvalue weighted by Crippen LogP contribution is 2.64. The van der Waals surface area contributed by atoms with Gasteiger partial charge in [-0.05, 0) is 78.3 Å². The van der Waals surface area contributed by atoms with E-state index < -0.39 is 69.0 Å². The molecule has 0 aliphatic heterocycles. The maximum Gasteiger partial charge on any atom is 0.190 e. The number of phenolic OH excluding ortho intramolecular Hbond substituents is 1. The van der Waals surface area contributed by atoms with Gasteiger partial charge in [0.1, 0.15) is 23.2 Å². The molecule has 246 valence electrons. The van der Waals surface area contributed by atoms with Crippen LogP contribution in [-0.2, 0) is 32.0 Å². The van der Waals surface area contributed by atoms with Crippen LogP contribution in [0.5, 0.6) is 11.5 Å². The SMILES string of the molecule is CCC(CC)Cc1ccc(OC)c(-c2ccc(O)c3c2C[C@]2(C)C[C@]4(C)C(C(C)C)C(=O)C(C(C)=O)C(=O)[C@]4(O)C(=O)C2C3=O)c1. The van der Waals surface area contributed by atoms with E-state index in [1.165, 1.54) is 6.07 Å². The number of hydrogen-bond donors (Lipinski definition) is 2. The number of phenols is 1. The molecule has 6 atom stereocenters. The average molecular weight is 631 g/mol. The van der Waals surface area contributed by atoms with E-state index in [1.54, 1.807) is 40.9 Å². The van der Waals surface area contributed by atoms with Crippen LogP contribution in [0.15, 0.2) is 30.3 Å². The standard InChI is InChI=1S/C38H46O8/c1-9-21(10-2)15-22-11-14-27(46-8)24(16-22)23-12-13-26(40)29-25(23)17-36(6)18-37(7)30(19(3)4)32(41)28(20(5)39)34(43)38(37,45)35(44)31(36)33(29)42/h11-14,16,19,21,28,30-31,40,45H,9-10,15,17-18H2,1-8H3/t28?,30?,31?,36-,37-,38+/m1/s1. The lowest BCUT2D eigenvalue weighted by Gasteiger charge is -2.61. The number of benzene rings is 2. The summed E-state index contributed by atoms with van der Waals surface area (Å²) in [5.74, 6) is -7.96. The number of carbonyl (C=O) groups is 5. The lowest BCUT2D eigenvalue weighted by atomic mass is 9.40. The Bertz CT molecular complexity index is 1650. The summed E-state index contributed by atoms with van der Waals surface area (Å²) in [4.78, 5) is 69.3. The van der Waals surface area contributed by atoms with Crippen LogP contribution in [-0.4, -0.2) is 51.8 Å². The van der Waals surface area contributed by atoms with Gasteiger partial charge in [0.15, 0.2) is 28.7 Å². The monoisotopic (exact) mass is 630 g/mol. The molecule has 3 aliphatic carbocycles. The molecule has 46 heavy (non-hydrogen) atoms. The Morgan fingerprint density at radius 2 is 1.65 bits per heavy atom. The van der Waals surface area contributed by atoms with Gasteiger partial charge in [-0.25, -0.2) is 0 Å². The number of fused-ring (bicyclic) bond motifs is 3. The predicted octanol–water partition coefficient (Wildman–Crippen LogP) is 5.75. The Morgan fingerprint density at radius 1 is 1.00 bits per heavy atom. The zero-order valence-electron chi connectivity index (χ0n) is 28.2. The second kappa shape index (κ2) is 11.5. The molecule has 0 spiro atoms. The van der Waals surface area contributed by atoms with Crippen LogP contribution >= 0.6 is 0 Å². The summed E-state index contributed by atoms with van der Waals surface area (Å²) in [7, 11) is 1.58. The molecule has 2 N–H and O–H groups in total. The predicted molar refractivity (Wildman–Crippen MR) is 173 cm³/mol. The normalized spacial score (nSPS) is 30.7. The molecule has 0 aromatic heterocycles. The van der Waals surface area contributed by atoms with Crippen molar-refractivity contribution < 1.29 is 38.9 Å². The number of ketones is 5. The van der Waals surface area contributed by atoms with Gasteiger partial charge >= 0.3 is 0 Å². The fourth-order valence-electron chi connectivity index (χ4n) is 9.39. The van der Waals surface area contributed by atoms with E-state index in [2.05, 4.69) is 19.9 Å². The summed E-state index contributed by atoms with van der Waals surface area (Å²) in [6.07, 6.45) is 3.12. The molecule has 0 amide bonds.